The average molecular weight is 338 g/mol. The molecule has 2 aliphatic heterocycles. The summed E-state index contributed by atoms with van der Waals surface area (Å²) in [6.45, 7) is 5.99. The molecule has 3 rings (SSSR count). The number of piperidine rings is 1. The molecule has 0 radical (unpaired) electrons. The highest BCUT2D eigenvalue weighted by atomic mass is 16.6. The Bertz CT molecular complexity index is 638. The van der Waals surface area contributed by atoms with Crippen LogP contribution in [0.4, 0.5) is 9.59 Å². The maximum atomic E-state index is 12.0. The van der Waals surface area contributed by atoms with Crippen LogP contribution in [0, 0.1) is 0 Å². The topological polar surface area (TPSA) is 108 Å². The smallest absolute Gasteiger partial charge is 0.408 e. The minimum absolute atomic E-state index is 0.144. The molecule has 2 unspecified atom stereocenters. The fourth-order valence-electron chi connectivity index (χ4n) is 3.00. The van der Waals surface area contributed by atoms with E-state index in [2.05, 4.69) is 10.5 Å². The molecule has 132 valence electrons. The van der Waals surface area contributed by atoms with Gasteiger partial charge in [-0.05, 0) is 33.6 Å². The van der Waals surface area contributed by atoms with Crippen LogP contribution in [0.1, 0.15) is 51.1 Å². The van der Waals surface area contributed by atoms with Crippen LogP contribution in [0.15, 0.2) is 10.6 Å². The van der Waals surface area contributed by atoms with Gasteiger partial charge in [0.2, 0.25) is 0 Å². The van der Waals surface area contributed by atoms with Crippen molar-refractivity contribution in [2.45, 2.75) is 57.8 Å². The summed E-state index contributed by atoms with van der Waals surface area (Å²) in [5, 5.41) is 17.1. The second-order valence-electron chi connectivity index (χ2n) is 7.10. The molecule has 3 heterocycles. The first kappa shape index (κ1) is 16.6. The Labute approximate surface area is 139 Å². The van der Waals surface area contributed by atoms with Crippen molar-refractivity contribution in [3.63, 3.8) is 0 Å². The number of nitrogens with one attached hydrogen (secondary N) is 1. The molecule has 1 aromatic heterocycles. The van der Waals surface area contributed by atoms with Gasteiger partial charge < -0.3 is 19.5 Å². The van der Waals surface area contributed by atoms with E-state index in [1.165, 1.54) is 0 Å². The van der Waals surface area contributed by atoms with Crippen molar-refractivity contribution in [1.82, 2.24) is 20.4 Å². The second-order valence-corrected chi connectivity index (χ2v) is 7.10. The molecule has 2 atom stereocenters. The van der Waals surface area contributed by atoms with Crippen molar-refractivity contribution in [1.29, 1.82) is 0 Å². The van der Waals surface area contributed by atoms with Crippen molar-refractivity contribution in [2.24, 2.45) is 0 Å². The lowest BCUT2D eigenvalue weighted by atomic mass is 9.98. The van der Waals surface area contributed by atoms with E-state index in [4.69, 9.17) is 9.26 Å². The van der Waals surface area contributed by atoms with Crippen molar-refractivity contribution in [3.05, 3.63) is 17.5 Å². The summed E-state index contributed by atoms with van der Waals surface area (Å²) in [6, 6.07) is 0.952. The van der Waals surface area contributed by atoms with E-state index in [1.807, 2.05) is 0 Å². The van der Waals surface area contributed by atoms with E-state index in [0.29, 0.717) is 30.8 Å². The van der Waals surface area contributed by atoms with Gasteiger partial charge in [-0.2, -0.15) is 0 Å². The minimum atomic E-state index is -0.568. The third-order valence-electron chi connectivity index (χ3n) is 4.07. The molecule has 2 fully saturated rings. The molecule has 2 bridgehead atoms. The quantitative estimate of drug-likeness (QED) is 0.816. The predicted octanol–water partition coefficient (Wildman–Crippen LogP) is 2.03. The van der Waals surface area contributed by atoms with Gasteiger partial charge >= 0.3 is 12.1 Å². The SMILES string of the molecule is CC(C)(C)OC(=O)NCc1cc(C2CCC3CN2C(=O)N3O)no1. The number of hydrogen-bond donors (Lipinski definition) is 2. The number of amides is 3. The highest BCUT2D eigenvalue weighted by Gasteiger charge is 2.45. The zero-order chi connectivity index (χ0) is 17.5. The lowest BCUT2D eigenvalue weighted by Gasteiger charge is -2.28. The summed E-state index contributed by atoms with van der Waals surface area (Å²) in [6.07, 6.45) is 0.882. The third kappa shape index (κ3) is 3.30. The van der Waals surface area contributed by atoms with Gasteiger partial charge in [0.15, 0.2) is 5.76 Å². The molecule has 9 nitrogen and oxygen atoms in total. The van der Waals surface area contributed by atoms with Crippen molar-refractivity contribution >= 4 is 12.1 Å². The summed E-state index contributed by atoms with van der Waals surface area (Å²) >= 11 is 0. The van der Waals surface area contributed by atoms with Gasteiger partial charge in [-0.1, -0.05) is 5.16 Å². The Morgan fingerprint density at radius 1 is 1.50 bits per heavy atom. The number of rotatable bonds is 3. The van der Waals surface area contributed by atoms with Gasteiger partial charge in [0.25, 0.3) is 0 Å². The Morgan fingerprint density at radius 3 is 2.96 bits per heavy atom. The van der Waals surface area contributed by atoms with Crippen LogP contribution >= 0.6 is 0 Å². The normalized spacial score (nSPS) is 23.6. The van der Waals surface area contributed by atoms with Gasteiger partial charge in [0, 0.05) is 12.6 Å². The molecule has 9 heteroatoms. The van der Waals surface area contributed by atoms with Crippen LogP contribution in [-0.2, 0) is 11.3 Å². The molecule has 1 aromatic rings. The van der Waals surface area contributed by atoms with Gasteiger partial charge in [-0.15, -0.1) is 0 Å². The van der Waals surface area contributed by atoms with Crippen LogP contribution in [-0.4, -0.2) is 50.6 Å². The van der Waals surface area contributed by atoms with Crippen LogP contribution in [0.3, 0.4) is 0 Å². The molecule has 2 saturated heterocycles. The number of urea groups is 1. The summed E-state index contributed by atoms with van der Waals surface area (Å²) in [4.78, 5) is 25.2. The molecule has 2 N–H and O–H groups in total. The first-order valence-electron chi connectivity index (χ1n) is 7.95. The zero-order valence-corrected chi connectivity index (χ0v) is 14.0. The number of aromatic nitrogens is 1. The average Bonchev–Trinajstić information content (AvgIpc) is 3.05. The number of carbonyl (C=O) groups excluding carboxylic acids is 2. The van der Waals surface area contributed by atoms with E-state index in [0.717, 1.165) is 5.06 Å². The molecule has 24 heavy (non-hydrogen) atoms. The van der Waals surface area contributed by atoms with Gasteiger partial charge in [-0.3, -0.25) is 5.21 Å². The molecular weight excluding hydrogens is 316 g/mol. The molecule has 0 aromatic carbocycles. The fraction of sp³-hybridized carbons (Fsp3) is 0.667. The van der Waals surface area contributed by atoms with E-state index < -0.39 is 17.7 Å². The van der Waals surface area contributed by atoms with Crippen LogP contribution < -0.4 is 5.32 Å². The Morgan fingerprint density at radius 2 is 2.25 bits per heavy atom. The largest absolute Gasteiger partial charge is 0.444 e. The summed E-state index contributed by atoms with van der Waals surface area (Å²) in [5.41, 5.74) is 0.0554. The van der Waals surface area contributed by atoms with Gasteiger partial charge in [-0.25, -0.2) is 14.7 Å². The third-order valence-corrected chi connectivity index (χ3v) is 4.07. The fourth-order valence-corrected chi connectivity index (χ4v) is 3.00. The number of nitrogens with zero attached hydrogens (tertiary/aromatic N) is 3. The zero-order valence-electron chi connectivity index (χ0n) is 14.0. The Kier molecular flexibility index (Phi) is 4.12. The number of alkyl carbamates (subject to hydrolysis) is 1. The van der Waals surface area contributed by atoms with Crippen LogP contribution in [0.5, 0.6) is 0 Å². The van der Waals surface area contributed by atoms with E-state index >= 15 is 0 Å². The number of hydrogen-bond acceptors (Lipinski definition) is 6. The van der Waals surface area contributed by atoms with Gasteiger partial charge in [0.05, 0.1) is 18.6 Å². The standard InChI is InChI=1S/C15H22N4O5/c1-15(2,3)23-13(20)16-7-10-6-11(17-24-10)12-5-4-9-8-18(12)14(21)19(9)22/h6,9,12,22H,4-5,7-8H2,1-3H3,(H,16,20). The maximum Gasteiger partial charge on any atom is 0.408 e. The number of ether oxygens (including phenoxy) is 1. The highest BCUT2D eigenvalue weighted by molar-refractivity contribution is 5.76. The predicted molar refractivity (Wildman–Crippen MR) is 81.1 cm³/mol. The maximum absolute atomic E-state index is 12.0. The second kappa shape index (κ2) is 5.97. The van der Waals surface area contributed by atoms with Gasteiger partial charge in [0.1, 0.15) is 11.3 Å². The number of hydroxylamine groups is 2. The van der Waals surface area contributed by atoms with Crippen molar-refractivity contribution in [3.8, 4) is 0 Å². The highest BCUT2D eigenvalue weighted by Crippen LogP contribution is 2.37. The number of fused-ring (bicyclic) bond motifs is 2. The van der Waals surface area contributed by atoms with Crippen LogP contribution in [0.25, 0.3) is 0 Å². The molecule has 0 saturated carbocycles. The molecule has 0 spiro atoms. The Balaban J connectivity index is 1.60. The molecule has 3 amide bonds. The van der Waals surface area contributed by atoms with Crippen LogP contribution in [0.2, 0.25) is 0 Å². The van der Waals surface area contributed by atoms with Crippen molar-refractivity contribution in [2.75, 3.05) is 6.54 Å². The molecule has 2 aliphatic rings. The summed E-state index contributed by atoms with van der Waals surface area (Å²) in [7, 11) is 0. The molecular formula is C15H22N4O5. The minimum Gasteiger partial charge on any atom is -0.444 e. The summed E-state index contributed by atoms with van der Waals surface area (Å²) < 4.78 is 10.4. The summed E-state index contributed by atoms with van der Waals surface area (Å²) in [5.74, 6) is 0.477. The number of carbonyl (C=O) groups is 2. The first-order chi connectivity index (χ1) is 11.2. The molecule has 0 aliphatic carbocycles. The van der Waals surface area contributed by atoms with E-state index in [-0.39, 0.29) is 18.6 Å². The monoisotopic (exact) mass is 338 g/mol. The lowest BCUT2D eigenvalue weighted by molar-refractivity contribution is -0.0584. The Hall–Kier alpha value is -2.29. The first-order valence-corrected chi connectivity index (χ1v) is 7.95. The van der Waals surface area contributed by atoms with Crippen molar-refractivity contribution < 1.29 is 24.1 Å². The lowest BCUT2D eigenvalue weighted by Crippen LogP contribution is -2.34. The van der Waals surface area contributed by atoms with E-state index in [9.17, 15) is 14.8 Å². The van der Waals surface area contributed by atoms with E-state index in [1.54, 1.807) is 31.7 Å².